The second kappa shape index (κ2) is 6.61. The molecule has 0 unspecified atom stereocenters. The topological polar surface area (TPSA) is 111 Å². The number of hydrogen-bond acceptors (Lipinski definition) is 7. The number of carbonyl (C=O) groups is 1. The van der Waals surface area contributed by atoms with E-state index in [9.17, 15) is 14.9 Å². The summed E-state index contributed by atoms with van der Waals surface area (Å²) in [6.45, 7) is 1.85. The first-order valence-corrected chi connectivity index (χ1v) is 8.71. The zero-order valence-corrected chi connectivity index (χ0v) is 14.8. The third-order valence-corrected chi connectivity index (χ3v) is 4.92. The molecule has 0 bridgehead atoms. The summed E-state index contributed by atoms with van der Waals surface area (Å²) < 4.78 is 4.94. The molecule has 0 aliphatic carbocycles. The van der Waals surface area contributed by atoms with E-state index in [4.69, 9.17) is 4.42 Å². The van der Waals surface area contributed by atoms with Gasteiger partial charge in [0, 0.05) is 17.4 Å². The predicted octanol–water partition coefficient (Wildman–Crippen LogP) is 4.42. The average Bonchev–Trinajstić information content (AvgIpc) is 3.30. The maximum atomic E-state index is 12.3. The molecule has 4 aromatic rings. The minimum absolute atomic E-state index is 0.129. The van der Waals surface area contributed by atoms with Gasteiger partial charge in [-0.3, -0.25) is 14.9 Å². The number of aromatic nitrogens is 2. The van der Waals surface area contributed by atoms with E-state index in [1.807, 2.05) is 37.3 Å². The molecule has 9 heteroatoms. The van der Waals surface area contributed by atoms with Crippen molar-refractivity contribution >= 4 is 39.2 Å². The highest BCUT2D eigenvalue weighted by molar-refractivity contribution is 7.21. The number of aryl methyl sites for hydroxylation is 1. The minimum atomic E-state index is -0.691. The van der Waals surface area contributed by atoms with Gasteiger partial charge < -0.3 is 9.73 Å². The van der Waals surface area contributed by atoms with Crippen LogP contribution in [0.3, 0.4) is 0 Å². The van der Waals surface area contributed by atoms with Gasteiger partial charge in [-0.15, -0.1) is 0 Å². The Hall–Kier alpha value is -3.59. The number of furan rings is 1. The van der Waals surface area contributed by atoms with Crippen molar-refractivity contribution in [3.8, 4) is 10.6 Å². The molecule has 0 radical (unpaired) electrons. The molecule has 0 saturated heterocycles. The van der Waals surface area contributed by atoms with E-state index in [0.717, 1.165) is 32.5 Å². The molecule has 1 aromatic carbocycles. The van der Waals surface area contributed by atoms with Crippen LogP contribution < -0.4 is 5.32 Å². The number of anilines is 1. The lowest BCUT2D eigenvalue weighted by atomic mass is 10.1. The Morgan fingerprint density at radius 3 is 2.85 bits per heavy atom. The fraction of sp³-hybridized carbons (Fsp3) is 0.0556. The summed E-state index contributed by atoms with van der Waals surface area (Å²) in [5, 5.41) is 14.2. The number of nitro groups is 1. The largest absolute Gasteiger partial charge is 0.433 e. The Bertz CT molecular complexity index is 1150. The van der Waals surface area contributed by atoms with Gasteiger partial charge >= 0.3 is 5.88 Å². The molecule has 8 nitrogen and oxygen atoms in total. The van der Waals surface area contributed by atoms with Crippen LogP contribution in [0.4, 0.5) is 11.6 Å². The van der Waals surface area contributed by atoms with Gasteiger partial charge in [-0.2, -0.15) is 0 Å². The van der Waals surface area contributed by atoms with Gasteiger partial charge in [0.1, 0.15) is 20.3 Å². The summed E-state index contributed by atoms with van der Waals surface area (Å²) in [6, 6.07) is 11.7. The van der Waals surface area contributed by atoms with Crippen molar-refractivity contribution in [1.82, 2.24) is 9.97 Å². The van der Waals surface area contributed by atoms with E-state index in [-0.39, 0.29) is 5.76 Å². The monoisotopic (exact) mass is 380 g/mol. The maximum absolute atomic E-state index is 12.3. The van der Waals surface area contributed by atoms with E-state index in [1.165, 1.54) is 17.4 Å². The number of nitrogens with one attached hydrogen (secondary N) is 1. The van der Waals surface area contributed by atoms with Crippen LogP contribution in [-0.2, 0) is 0 Å². The lowest BCUT2D eigenvalue weighted by Crippen LogP contribution is -2.11. The number of rotatable bonds is 4. The number of hydrogen-bond donors (Lipinski definition) is 1. The Morgan fingerprint density at radius 1 is 1.26 bits per heavy atom. The molecule has 0 saturated carbocycles. The third kappa shape index (κ3) is 3.27. The molecule has 0 aliphatic heterocycles. The van der Waals surface area contributed by atoms with Gasteiger partial charge in [0.05, 0.1) is 6.07 Å². The van der Waals surface area contributed by atoms with Crippen molar-refractivity contribution in [2.24, 2.45) is 0 Å². The first-order valence-electron chi connectivity index (χ1n) is 7.89. The SMILES string of the molecule is Cc1ccc(-c2nc3cccnc3s2)cc1NC(=O)c1ccc([N+](=O)[O-])o1. The van der Waals surface area contributed by atoms with Gasteiger partial charge in [-0.25, -0.2) is 9.97 Å². The van der Waals surface area contributed by atoms with Gasteiger partial charge in [-0.1, -0.05) is 23.5 Å². The molecular weight excluding hydrogens is 368 g/mol. The molecule has 4 rings (SSSR count). The van der Waals surface area contributed by atoms with Gasteiger partial charge in [0.2, 0.25) is 0 Å². The summed E-state index contributed by atoms with van der Waals surface area (Å²) in [5.41, 5.74) is 3.06. The fourth-order valence-electron chi connectivity index (χ4n) is 2.51. The molecule has 27 heavy (non-hydrogen) atoms. The zero-order valence-electron chi connectivity index (χ0n) is 14.0. The summed E-state index contributed by atoms with van der Waals surface area (Å²) in [4.78, 5) is 32.0. The number of nitrogens with zero attached hydrogens (tertiary/aromatic N) is 3. The lowest BCUT2D eigenvalue weighted by molar-refractivity contribution is -0.402. The maximum Gasteiger partial charge on any atom is 0.433 e. The first kappa shape index (κ1) is 16.9. The lowest BCUT2D eigenvalue weighted by Gasteiger charge is -2.08. The van der Waals surface area contributed by atoms with Crippen LogP contribution in [0.5, 0.6) is 0 Å². The second-order valence-electron chi connectivity index (χ2n) is 5.73. The van der Waals surface area contributed by atoms with Crippen LogP contribution >= 0.6 is 11.3 Å². The van der Waals surface area contributed by atoms with Gasteiger partial charge in [-0.05, 0) is 36.8 Å². The molecule has 0 spiro atoms. The van der Waals surface area contributed by atoms with Gasteiger partial charge in [0.25, 0.3) is 5.91 Å². The van der Waals surface area contributed by atoms with Crippen LogP contribution in [0.2, 0.25) is 0 Å². The van der Waals surface area contributed by atoms with Crippen LogP contribution in [0.1, 0.15) is 16.1 Å². The van der Waals surface area contributed by atoms with E-state index >= 15 is 0 Å². The van der Waals surface area contributed by atoms with Crippen LogP contribution in [-0.4, -0.2) is 20.8 Å². The Kier molecular flexibility index (Phi) is 4.13. The summed E-state index contributed by atoms with van der Waals surface area (Å²) in [7, 11) is 0. The number of thiazole rings is 1. The number of benzene rings is 1. The second-order valence-corrected chi connectivity index (χ2v) is 6.70. The first-order chi connectivity index (χ1) is 13.0. The Labute approximate surface area is 156 Å². The Balaban J connectivity index is 1.63. The molecule has 3 heterocycles. The minimum Gasteiger partial charge on any atom is -0.395 e. The van der Waals surface area contributed by atoms with Crippen LogP contribution in [0, 0.1) is 17.0 Å². The van der Waals surface area contributed by atoms with Gasteiger partial charge in [0.15, 0.2) is 5.76 Å². The molecule has 1 N–H and O–H groups in total. The van der Waals surface area contributed by atoms with Crippen molar-refractivity contribution in [3.05, 3.63) is 70.1 Å². The highest BCUT2D eigenvalue weighted by atomic mass is 32.1. The fourth-order valence-corrected chi connectivity index (χ4v) is 3.42. The van der Waals surface area contributed by atoms with Crippen molar-refractivity contribution in [2.75, 3.05) is 5.32 Å². The van der Waals surface area contributed by atoms with Crippen molar-refractivity contribution in [1.29, 1.82) is 0 Å². The van der Waals surface area contributed by atoms with Crippen molar-refractivity contribution in [3.63, 3.8) is 0 Å². The normalized spacial score (nSPS) is 10.9. The number of pyridine rings is 1. The smallest absolute Gasteiger partial charge is 0.395 e. The molecule has 0 atom stereocenters. The van der Waals surface area contributed by atoms with E-state index in [2.05, 4.69) is 15.3 Å². The zero-order chi connectivity index (χ0) is 19.0. The van der Waals surface area contributed by atoms with Crippen LogP contribution in [0.15, 0.2) is 53.1 Å². The number of carbonyl (C=O) groups excluding carboxylic acids is 1. The van der Waals surface area contributed by atoms with E-state index < -0.39 is 16.7 Å². The molecule has 3 aromatic heterocycles. The third-order valence-electron chi connectivity index (χ3n) is 3.89. The molecule has 134 valence electrons. The predicted molar refractivity (Wildman–Crippen MR) is 101 cm³/mol. The van der Waals surface area contributed by atoms with Crippen molar-refractivity contribution in [2.45, 2.75) is 6.92 Å². The standard InChI is InChI=1S/C18H12N4O4S/c1-10-4-5-11(17-21-12-3-2-8-19-18(12)27-17)9-13(10)20-16(23)14-6-7-15(26-14)22(24)25/h2-9H,1H3,(H,20,23). The summed E-state index contributed by atoms with van der Waals surface area (Å²) in [5.74, 6) is -1.17. The molecular formula is C18H12N4O4S. The Morgan fingerprint density at radius 2 is 2.11 bits per heavy atom. The number of fused-ring (bicyclic) bond motifs is 1. The quantitative estimate of drug-likeness (QED) is 0.414. The van der Waals surface area contributed by atoms with E-state index in [0.29, 0.717) is 5.69 Å². The molecule has 0 fully saturated rings. The summed E-state index contributed by atoms with van der Waals surface area (Å²) >= 11 is 1.46. The average molecular weight is 380 g/mol. The molecule has 0 aliphatic rings. The highest BCUT2D eigenvalue weighted by Gasteiger charge is 2.18. The highest BCUT2D eigenvalue weighted by Crippen LogP contribution is 2.31. The number of amides is 1. The molecule has 1 amide bonds. The van der Waals surface area contributed by atoms with E-state index in [1.54, 1.807) is 6.20 Å². The van der Waals surface area contributed by atoms with Crippen LogP contribution in [0.25, 0.3) is 20.9 Å². The van der Waals surface area contributed by atoms with Crippen molar-refractivity contribution < 1.29 is 14.1 Å². The summed E-state index contributed by atoms with van der Waals surface area (Å²) in [6.07, 6.45) is 1.72.